The highest BCUT2D eigenvalue weighted by Crippen LogP contribution is 2.35. The van der Waals surface area contributed by atoms with Crippen molar-refractivity contribution in [3.63, 3.8) is 0 Å². The van der Waals surface area contributed by atoms with Crippen LogP contribution in [0.15, 0.2) is 44.8 Å². The van der Waals surface area contributed by atoms with Gasteiger partial charge >= 0.3 is 0 Å². The normalized spacial score (nSPS) is 14.1. The van der Waals surface area contributed by atoms with E-state index in [4.69, 9.17) is 9.51 Å². The average Bonchev–Trinajstić information content (AvgIpc) is 3.22. The molecule has 0 spiro atoms. The zero-order valence-corrected chi connectivity index (χ0v) is 17.7. The molecule has 0 atom stereocenters. The van der Waals surface area contributed by atoms with Gasteiger partial charge in [0.15, 0.2) is 11.0 Å². The molecule has 0 saturated carbocycles. The SMILES string of the molecule is Cc1noc(CSc2nc3sc4c(c3c(=O)n2-c2ccccc2)CCCCC4)n1. The summed E-state index contributed by atoms with van der Waals surface area (Å²) in [6.45, 7) is 1.79. The lowest BCUT2D eigenvalue weighted by molar-refractivity contribution is 0.387. The molecule has 0 unspecified atom stereocenters. The van der Waals surface area contributed by atoms with E-state index in [1.165, 1.54) is 35.0 Å². The highest BCUT2D eigenvalue weighted by molar-refractivity contribution is 7.98. The first kappa shape index (κ1) is 18.6. The smallest absolute Gasteiger partial charge is 0.267 e. The molecule has 0 amide bonds. The molecule has 148 valence electrons. The number of aryl methyl sites for hydroxylation is 3. The van der Waals surface area contributed by atoms with Crippen molar-refractivity contribution in [2.24, 2.45) is 0 Å². The summed E-state index contributed by atoms with van der Waals surface area (Å²) in [5.74, 6) is 1.60. The van der Waals surface area contributed by atoms with Crippen molar-refractivity contribution in [1.29, 1.82) is 0 Å². The van der Waals surface area contributed by atoms with Crippen LogP contribution >= 0.6 is 23.1 Å². The predicted molar refractivity (Wildman–Crippen MR) is 115 cm³/mol. The van der Waals surface area contributed by atoms with Crippen LogP contribution in [0.3, 0.4) is 0 Å². The fourth-order valence-electron chi connectivity index (χ4n) is 3.79. The van der Waals surface area contributed by atoms with Crippen molar-refractivity contribution < 1.29 is 4.52 Å². The number of thiophene rings is 1. The predicted octanol–water partition coefficient (Wildman–Crippen LogP) is 4.70. The van der Waals surface area contributed by atoms with Crippen LogP contribution in [0, 0.1) is 6.92 Å². The molecular formula is C21H20N4O2S2. The summed E-state index contributed by atoms with van der Waals surface area (Å²) in [5.41, 5.74) is 2.06. The van der Waals surface area contributed by atoms with Gasteiger partial charge in [0.1, 0.15) is 4.83 Å². The summed E-state index contributed by atoms with van der Waals surface area (Å²) in [7, 11) is 0. The molecule has 3 heterocycles. The van der Waals surface area contributed by atoms with Gasteiger partial charge in [0, 0.05) is 4.88 Å². The van der Waals surface area contributed by atoms with Gasteiger partial charge in [-0.25, -0.2) is 4.98 Å². The lowest BCUT2D eigenvalue weighted by Crippen LogP contribution is -2.22. The molecule has 5 rings (SSSR count). The van der Waals surface area contributed by atoms with Crippen LogP contribution in [0.2, 0.25) is 0 Å². The standard InChI is InChI=1S/C21H20N4O2S2/c1-13-22-17(27-24-13)12-28-21-23-19-18(15-10-6-3-7-11-16(15)29-19)20(26)25(21)14-8-4-2-5-9-14/h2,4-5,8-9H,3,6-7,10-12H2,1H3. The molecule has 1 aromatic carbocycles. The summed E-state index contributed by atoms with van der Waals surface area (Å²) in [6, 6.07) is 9.72. The number of nitrogens with zero attached hydrogens (tertiary/aromatic N) is 4. The highest BCUT2D eigenvalue weighted by atomic mass is 32.2. The van der Waals surface area contributed by atoms with Crippen molar-refractivity contribution in [1.82, 2.24) is 19.7 Å². The molecule has 0 saturated heterocycles. The van der Waals surface area contributed by atoms with Crippen LogP contribution in [0.5, 0.6) is 0 Å². The van der Waals surface area contributed by atoms with Gasteiger partial charge in [-0.05, 0) is 50.3 Å². The van der Waals surface area contributed by atoms with Crippen LogP contribution in [-0.2, 0) is 18.6 Å². The van der Waals surface area contributed by atoms with Crippen molar-refractivity contribution in [3.8, 4) is 5.69 Å². The van der Waals surface area contributed by atoms with Gasteiger partial charge in [0.25, 0.3) is 5.56 Å². The van der Waals surface area contributed by atoms with Crippen LogP contribution < -0.4 is 5.56 Å². The lowest BCUT2D eigenvalue weighted by Gasteiger charge is -2.12. The molecule has 8 heteroatoms. The number of fused-ring (bicyclic) bond motifs is 3. The van der Waals surface area contributed by atoms with E-state index in [1.54, 1.807) is 22.8 Å². The Labute approximate surface area is 176 Å². The van der Waals surface area contributed by atoms with E-state index in [1.807, 2.05) is 30.3 Å². The second-order valence-electron chi connectivity index (χ2n) is 7.14. The van der Waals surface area contributed by atoms with Crippen LogP contribution in [0.25, 0.3) is 15.9 Å². The Kier molecular flexibility index (Phi) is 4.97. The molecule has 1 aliphatic carbocycles. The molecular weight excluding hydrogens is 404 g/mol. The minimum Gasteiger partial charge on any atom is -0.338 e. The van der Waals surface area contributed by atoms with Gasteiger partial charge in [-0.3, -0.25) is 9.36 Å². The van der Waals surface area contributed by atoms with E-state index in [2.05, 4.69) is 10.1 Å². The van der Waals surface area contributed by atoms with Gasteiger partial charge in [-0.1, -0.05) is 41.5 Å². The molecule has 4 aromatic rings. The van der Waals surface area contributed by atoms with Crippen molar-refractivity contribution in [2.45, 2.75) is 49.9 Å². The fraction of sp³-hybridized carbons (Fsp3) is 0.333. The number of rotatable bonds is 4. The first-order valence-corrected chi connectivity index (χ1v) is 11.6. The maximum Gasteiger partial charge on any atom is 0.267 e. The maximum absolute atomic E-state index is 13.7. The molecule has 0 aliphatic heterocycles. The lowest BCUT2D eigenvalue weighted by atomic mass is 10.1. The molecule has 0 radical (unpaired) electrons. The molecule has 29 heavy (non-hydrogen) atoms. The topological polar surface area (TPSA) is 73.8 Å². The number of para-hydroxylation sites is 1. The Bertz CT molecular complexity index is 1230. The van der Waals surface area contributed by atoms with Gasteiger partial charge in [-0.2, -0.15) is 4.98 Å². The quantitative estimate of drug-likeness (QED) is 0.269. The Morgan fingerprint density at radius 2 is 1.97 bits per heavy atom. The minimum absolute atomic E-state index is 0.0183. The van der Waals surface area contributed by atoms with E-state index in [0.29, 0.717) is 22.6 Å². The number of aromatic nitrogens is 4. The Morgan fingerprint density at radius 1 is 1.14 bits per heavy atom. The number of benzene rings is 1. The third-order valence-corrected chi connectivity index (χ3v) is 7.23. The van der Waals surface area contributed by atoms with Gasteiger partial charge < -0.3 is 4.52 Å². The monoisotopic (exact) mass is 424 g/mol. The highest BCUT2D eigenvalue weighted by Gasteiger charge is 2.22. The number of thioether (sulfide) groups is 1. The first-order valence-electron chi connectivity index (χ1n) is 9.75. The summed E-state index contributed by atoms with van der Waals surface area (Å²) < 4.78 is 6.97. The molecule has 0 N–H and O–H groups in total. The van der Waals surface area contributed by atoms with E-state index >= 15 is 0 Å². The third kappa shape index (κ3) is 3.51. The second-order valence-corrected chi connectivity index (χ2v) is 9.17. The van der Waals surface area contributed by atoms with Crippen LogP contribution in [0.4, 0.5) is 0 Å². The molecule has 1 aliphatic rings. The van der Waals surface area contributed by atoms with Crippen molar-refractivity contribution in [2.75, 3.05) is 0 Å². The van der Waals surface area contributed by atoms with Crippen LogP contribution in [-0.4, -0.2) is 19.7 Å². The number of hydrogen-bond acceptors (Lipinski definition) is 7. The zero-order chi connectivity index (χ0) is 19.8. The van der Waals surface area contributed by atoms with E-state index in [0.717, 1.165) is 35.2 Å². The summed E-state index contributed by atoms with van der Waals surface area (Å²) in [5, 5.41) is 5.30. The van der Waals surface area contributed by atoms with E-state index in [-0.39, 0.29) is 5.56 Å². The average molecular weight is 425 g/mol. The number of hydrogen-bond donors (Lipinski definition) is 0. The molecule has 3 aromatic heterocycles. The second kappa shape index (κ2) is 7.76. The van der Waals surface area contributed by atoms with Gasteiger partial charge in [0.2, 0.25) is 5.89 Å². The van der Waals surface area contributed by atoms with E-state index < -0.39 is 0 Å². The molecule has 0 bridgehead atoms. The minimum atomic E-state index is 0.0183. The molecule has 0 fully saturated rings. The van der Waals surface area contributed by atoms with Gasteiger partial charge in [0.05, 0.1) is 16.8 Å². The summed E-state index contributed by atoms with van der Waals surface area (Å²) in [4.78, 5) is 25.0. The Balaban J connectivity index is 1.67. The summed E-state index contributed by atoms with van der Waals surface area (Å²) >= 11 is 3.13. The van der Waals surface area contributed by atoms with E-state index in [9.17, 15) is 4.79 Å². The zero-order valence-electron chi connectivity index (χ0n) is 16.1. The summed E-state index contributed by atoms with van der Waals surface area (Å²) in [6.07, 6.45) is 5.56. The maximum atomic E-state index is 13.7. The van der Waals surface area contributed by atoms with Gasteiger partial charge in [-0.15, -0.1) is 11.3 Å². The third-order valence-electron chi connectivity index (χ3n) is 5.12. The van der Waals surface area contributed by atoms with Crippen LogP contribution in [0.1, 0.15) is 41.4 Å². The van der Waals surface area contributed by atoms with Crippen molar-refractivity contribution >= 4 is 33.3 Å². The Morgan fingerprint density at radius 3 is 2.76 bits per heavy atom. The first-order chi connectivity index (χ1) is 14.2. The molecule has 6 nitrogen and oxygen atoms in total. The Hall–Kier alpha value is -2.45. The van der Waals surface area contributed by atoms with Crippen molar-refractivity contribution in [3.05, 3.63) is 62.8 Å². The largest absolute Gasteiger partial charge is 0.338 e. The fourth-order valence-corrected chi connectivity index (χ4v) is 5.94.